The van der Waals surface area contributed by atoms with Crippen molar-refractivity contribution in [2.75, 3.05) is 13.1 Å². The van der Waals surface area contributed by atoms with Crippen molar-refractivity contribution >= 4 is 6.08 Å². The smallest absolute Gasteiger partial charge is 0.0966 e. The summed E-state index contributed by atoms with van der Waals surface area (Å²) < 4.78 is 7.34. The topological polar surface area (TPSA) is 45.6 Å². The van der Waals surface area contributed by atoms with Gasteiger partial charge >= 0.3 is 0 Å². The summed E-state index contributed by atoms with van der Waals surface area (Å²) in [4.78, 5) is 6.88. The molecule has 5 atom stereocenters. The Bertz CT molecular complexity index is 1080. The van der Waals surface area contributed by atoms with Gasteiger partial charge in [0.15, 0.2) is 0 Å². The maximum Gasteiger partial charge on any atom is 0.0966 e. The quantitative estimate of drug-likeness (QED) is 0.533. The molecule has 4 nitrogen and oxygen atoms in total. The van der Waals surface area contributed by atoms with E-state index in [2.05, 4.69) is 54.9 Å². The van der Waals surface area contributed by atoms with Crippen LogP contribution in [0.2, 0.25) is 0 Å². The summed E-state index contributed by atoms with van der Waals surface area (Å²) in [6, 6.07) is 2.68. The number of hydrogen-bond donors (Lipinski definition) is 1. The van der Waals surface area contributed by atoms with E-state index in [1.165, 1.54) is 42.4 Å². The number of likely N-dealkylation sites (tertiary alicyclic amines) is 1. The molecule has 2 aliphatic carbocycles. The lowest BCUT2D eigenvalue weighted by molar-refractivity contribution is -0.127. The fourth-order valence-electron chi connectivity index (χ4n) is 8.02. The monoisotopic (exact) mass is 488 g/mol. The molecule has 1 N–H and O–H groups in total. The standard InChI is InChI=1S/C32H44N2O2/c1-4-24(16-26-19-33-15-12-22(26)2)25-6-5-7-28-17-27-10-11-29(34-20-30(35)21-34)18-31(27)13-14-32(28,36-31)23(3)8-9-25/h7,12,15-17,19,23,25,29-30,35H,4-6,8-11,13-14,18,20-21H2,1-3H3/b24-16+,28-7-/t23-,25+,29+,31+,32-/m0/s1. The van der Waals surface area contributed by atoms with Crippen LogP contribution in [0.15, 0.2) is 47.3 Å². The Morgan fingerprint density at radius 2 is 2.08 bits per heavy atom. The summed E-state index contributed by atoms with van der Waals surface area (Å²) >= 11 is 0. The van der Waals surface area contributed by atoms with Crippen LogP contribution >= 0.6 is 0 Å². The van der Waals surface area contributed by atoms with E-state index >= 15 is 0 Å². The van der Waals surface area contributed by atoms with E-state index in [9.17, 15) is 5.11 Å². The van der Waals surface area contributed by atoms with Crippen molar-refractivity contribution in [1.82, 2.24) is 9.88 Å². The highest BCUT2D eigenvalue weighted by molar-refractivity contribution is 5.56. The number of β-amino-alcohol motifs (C(OH)–C–C–N with tert-alkyl or cyclic N) is 1. The van der Waals surface area contributed by atoms with E-state index in [0.717, 1.165) is 51.6 Å². The van der Waals surface area contributed by atoms with E-state index in [1.54, 1.807) is 11.1 Å². The number of aliphatic hydroxyl groups is 1. The molecule has 0 aromatic carbocycles. The first-order valence-corrected chi connectivity index (χ1v) is 14.6. The highest BCUT2D eigenvalue weighted by Gasteiger charge is 2.59. The molecule has 6 rings (SSSR count). The van der Waals surface area contributed by atoms with E-state index in [4.69, 9.17) is 4.74 Å². The maximum atomic E-state index is 9.86. The summed E-state index contributed by atoms with van der Waals surface area (Å²) in [5.74, 6) is 1.14. The van der Waals surface area contributed by atoms with Gasteiger partial charge in [0.2, 0.25) is 0 Å². The van der Waals surface area contributed by atoms with Gasteiger partial charge in [-0.3, -0.25) is 9.88 Å². The molecule has 194 valence electrons. The van der Waals surface area contributed by atoms with Gasteiger partial charge in [0, 0.05) is 31.5 Å². The lowest BCUT2D eigenvalue weighted by atomic mass is 9.73. The summed E-state index contributed by atoms with van der Waals surface area (Å²) in [5, 5.41) is 9.86. The first kappa shape index (κ1) is 24.6. The van der Waals surface area contributed by atoms with Crippen molar-refractivity contribution in [3.8, 4) is 0 Å². The molecule has 3 aliphatic heterocycles. The van der Waals surface area contributed by atoms with Crippen LogP contribution in [0.3, 0.4) is 0 Å². The predicted octanol–water partition coefficient (Wildman–Crippen LogP) is 6.39. The highest BCUT2D eigenvalue weighted by Crippen LogP contribution is 2.59. The Hall–Kier alpha value is -1.75. The Morgan fingerprint density at radius 3 is 2.86 bits per heavy atom. The number of allylic oxidation sites excluding steroid dienone is 2. The Morgan fingerprint density at radius 1 is 1.22 bits per heavy atom. The second-order valence-electron chi connectivity index (χ2n) is 12.4. The number of aliphatic hydroxyl groups excluding tert-OH is 1. The van der Waals surface area contributed by atoms with Gasteiger partial charge in [0.1, 0.15) is 0 Å². The Labute approximate surface area is 217 Å². The fraction of sp³-hybridized carbons (Fsp3) is 0.656. The Kier molecular flexibility index (Phi) is 6.50. The molecule has 3 fully saturated rings. The van der Waals surface area contributed by atoms with Crippen molar-refractivity contribution in [3.63, 3.8) is 0 Å². The van der Waals surface area contributed by atoms with Gasteiger partial charge in [-0.2, -0.15) is 0 Å². The molecule has 0 radical (unpaired) electrons. The van der Waals surface area contributed by atoms with Crippen LogP contribution < -0.4 is 0 Å². The molecule has 36 heavy (non-hydrogen) atoms. The second-order valence-corrected chi connectivity index (χ2v) is 12.4. The third-order valence-corrected chi connectivity index (χ3v) is 10.4. The molecule has 2 spiro atoms. The zero-order valence-electron chi connectivity index (χ0n) is 22.5. The summed E-state index contributed by atoms with van der Waals surface area (Å²) in [5.41, 5.74) is 7.04. The van der Waals surface area contributed by atoms with E-state index in [1.807, 2.05) is 12.4 Å². The van der Waals surface area contributed by atoms with Crippen LogP contribution in [-0.4, -0.2) is 51.4 Å². The largest absolute Gasteiger partial charge is 0.390 e. The van der Waals surface area contributed by atoms with Crippen LogP contribution in [0, 0.1) is 18.8 Å². The molecular formula is C32H44N2O2. The van der Waals surface area contributed by atoms with Crippen LogP contribution in [-0.2, 0) is 4.74 Å². The van der Waals surface area contributed by atoms with Gasteiger partial charge in [-0.25, -0.2) is 0 Å². The van der Waals surface area contributed by atoms with Crippen LogP contribution in [0.5, 0.6) is 0 Å². The SMILES string of the molecule is CC/C(=C\c1cnccc1C)[C@@H]1CC/C=C2/C=C3CC[C@@H](N4CC(O)C4)C[C@]34CC[C@]2(O4)[C@@H](C)CC1. The molecule has 2 bridgehead atoms. The number of ether oxygens (including phenoxy) is 1. The number of pyridine rings is 1. The third kappa shape index (κ3) is 4.14. The average molecular weight is 489 g/mol. The predicted molar refractivity (Wildman–Crippen MR) is 146 cm³/mol. The van der Waals surface area contributed by atoms with Crippen molar-refractivity contribution in [3.05, 3.63) is 58.5 Å². The lowest BCUT2D eigenvalue weighted by Gasteiger charge is -2.52. The minimum atomic E-state index is -0.123. The van der Waals surface area contributed by atoms with Crippen molar-refractivity contribution in [2.24, 2.45) is 11.8 Å². The molecule has 4 heteroatoms. The number of aromatic nitrogens is 1. The number of aryl methyl sites for hydroxylation is 1. The van der Waals surface area contributed by atoms with Gasteiger partial charge in [-0.05, 0) is 111 Å². The molecule has 2 saturated heterocycles. The second kappa shape index (κ2) is 9.53. The maximum absolute atomic E-state index is 9.86. The molecule has 1 aromatic rings. The van der Waals surface area contributed by atoms with Crippen molar-refractivity contribution < 1.29 is 9.84 Å². The fourth-order valence-corrected chi connectivity index (χ4v) is 8.02. The molecule has 5 aliphatic rings. The van der Waals surface area contributed by atoms with Crippen LogP contribution in [0.25, 0.3) is 6.08 Å². The van der Waals surface area contributed by atoms with E-state index in [0.29, 0.717) is 17.9 Å². The minimum absolute atomic E-state index is 0.0607. The zero-order valence-corrected chi connectivity index (χ0v) is 22.5. The number of rotatable bonds is 4. The molecule has 1 aromatic heterocycles. The average Bonchev–Trinajstić information content (AvgIpc) is 3.21. The van der Waals surface area contributed by atoms with Gasteiger partial charge in [0.05, 0.1) is 17.3 Å². The first-order valence-electron chi connectivity index (χ1n) is 14.6. The summed E-state index contributed by atoms with van der Waals surface area (Å²) in [7, 11) is 0. The summed E-state index contributed by atoms with van der Waals surface area (Å²) in [6.45, 7) is 8.66. The number of hydrogen-bond acceptors (Lipinski definition) is 4. The van der Waals surface area contributed by atoms with E-state index in [-0.39, 0.29) is 17.3 Å². The van der Waals surface area contributed by atoms with Gasteiger partial charge in [-0.1, -0.05) is 37.6 Å². The highest BCUT2D eigenvalue weighted by atomic mass is 16.5. The van der Waals surface area contributed by atoms with Crippen molar-refractivity contribution in [1.29, 1.82) is 0 Å². The van der Waals surface area contributed by atoms with Crippen molar-refractivity contribution in [2.45, 2.75) is 108 Å². The zero-order chi connectivity index (χ0) is 24.9. The number of nitrogens with zero attached hydrogens (tertiary/aromatic N) is 2. The minimum Gasteiger partial charge on any atom is -0.390 e. The van der Waals surface area contributed by atoms with Crippen LogP contribution in [0.4, 0.5) is 0 Å². The van der Waals surface area contributed by atoms with Gasteiger partial charge in [-0.15, -0.1) is 0 Å². The molecule has 4 heterocycles. The summed E-state index contributed by atoms with van der Waals surface area (Å²) in [6.07, 6.45) is 23.1. The Balaban J connectivity index is 1.24. The molecule has 0 unspecified atom stereocenters. The normalized spacial score (nSPS) is 39.0. The first-order chi connectivity index (χ1) is 17.4. The van der Waals surface area contributed by atoms with E-state index < -0.39 is 0 Å². The van der Waals surface area contributed by atoms with Gasteiger partial charge in [0.25, 0.3) is 0 Å². The third-order valence-electron chi connectivity index (χ3n) is 10.4. The van der Waals surface area contributed by atoms with Gasteiger partial charge < -0.3 is 9.84 Å². The molecule has 0 amide bonds. The molecular weight excluding hydrogens is 444 g/mol. The molecule has 1 saturated carbocycles. The van der Waals surface area contributed by atoms with Crippen LogP contribution in [0.1, 0.15) is 89.2 Å². The lowest BCUT2D eigenvalue weighted by Crippen LogP contribution is -2.59.